The van der Waals surface area contributed by atoms with Gasteiger partial charge in [-0.25, -0.2) is 0 Å². The van der Waals surface area contributed by atoms with Gasteiger partial charge in [-0.2, -0.15) is 0 Å². The van der Waals surface area contributed by atoms with Crippen LogP contribution < -0.4 is 0 Å². The van der Waals surface area contributed by atoms with E-state index in [4.69, 9.17) is 4.74 Å². The molecule has 11 heavy (non-hydrogen) atoms. The number of hydrogen-bond donors (Lipinski definition) is 0. The molecule has 1 saturated heterocycles. The summed E-state index contributed by atoms with van der Waals surface area (Å²) in [4.78, 5) is 13.1. The van der Waals surface area contributed by atoms with Gasteiger partial charge in [-0.15, -0.1) is 0 Å². The van der Waals surface area contributed by atoms with Crippen molar-refractivity contribution in [2.45, 2.75) is 20.0 Å². The van der Waals surface area contributed by atoms with E-state index in [0.29, 0.717) is 6.61 Å². The lowest BCUT2D eigenvalue weighted by atomic mass is 10.2. The number of ketones is 1. The third-order valence-corrected chi connectivity index (χ3v) is 2.05. The van der Waals surface area contributed by atoms with Gasteiger partial charge in [0.15, 0.2) is 5.78 Å². The minimum atomic E-state index is -0.177. The first-order valence-corrected chi connectivity index (χ1v) is 4.08. The SMILES string of the molecule is CCN1CCOC(C(C)=O)C1. The van der Waals surface area contributed by atoms with Gasteiger partial charge in [0.2, 0.25) is 0 Å². The lowest BCUT2D eigenvalue weighted by molar-refractivity contribution is -0.133. The van der Waals surface area contributed by atoms with Gasteiger partial charge in [0, 0.05) is 13.1 Å². The lowest BCUT2D eigenvalue weighted by Crippen LogP contribution is -2.45. The van der Waals surface area contributed by atoms with Crippen LogP contribution in [0.1, 0.15) is 13.8 Å². The second-order valence-electron chi connectivity index (χ2n) is 2.86. The Bertz CT molecular complexity index is 147. The maximum Gasteiger partial charge on any atom is 0.159 e. The van der Waals surface area contributed by atoms with Crippen LogP contribution in [0, 0.1) is 0 Å². The van der Waals surface area contributed by atoms with Crippen molar-refractivity contribution in [1.82, 2.24) is 4.90 Å². The summed E-state index contributed by atoms with van der Waals surface area (Å²) in [6.45, 7) is 7.11. The molecule has 1 atom stereocenters. The highest BCUT2D eigenvalue weighted by atomic mass is 16.5. The molecule has 3 heteroatoms. The number of nitrogens with zero attached hydrogens (tertiary/aromatic N) is 1. The average Bonchev–Trinajstić information content (AvgIpc) is 2.05. The predicted molar refractivity (Wildman–Crippen MR) is 42.5 cm³/mol. The van der Waals surface area contributed by atoms with Crippen LogP contribution in [0.25, 0.3) is 0 Å². The normalized spacial score (nSPS) is 26.9. The first-order chi connectivity index (χ1) is 5.24. The molecule has 1 heterocycles. The third kappa shape index (κ3) is 2.27. The Morgan fingerprint density at radius 3 is 3.00 bits per heavy atom. The van der Waals surface area contributed by atoms with Crippen molar-refractivity contribution in [3.8, 4) is 0 Å². The van der Waals surface area contributed by atoms with E-state index < -0.39 is 0 Å². The number of carbonyl (C=O) groups is 1. The molecular formula is C8H15NO2. The Labute approximate surface area is 67.3 Å². The minimum Gasteiger partial charge on any atom is -0.368 e. The summed E-state index contributed by atoms with van der Waals surface area (Å²) in [6, 6.07) is 0. The lowest BCUT2D eigenvalue weighted by Gasteiger charge is -2.30. The molecule has 0 aromatic heterocycles. The number of hydrogen-bond acceptors (Lipinski definition) is 3. The Kier molecular flexibility index (Phi) is 3.02. The van der Waals surface area contributed by atoms with Crippen LogP contribution in [-0.4, -0.2) is 43.0 Å². The van der Waals surface area contributed by atoms with Gasteiger partial charge >= 0.3 is 0 Å². The van der Waals surface area contributed by atoms with E-state index in [1.165, 1.54) is 0 Å². The number of morpholine rings is 1. The molecule has 0 aromatic rings. The topological polar surface area (TPSA) is 29.5 Å². The number of carbonyl (C=O) groups excluding carboxylic acids is 1. The van der Waals surface area contributed by atoms with Crippen LogP contribution in [0.3, 0.4) is 0 Å². The van der Waals surface area contributed by atoms with E-state index in [2.05, 4.69) is 11.8 Å². The van der Waals surface area contributed by atoms with E-state index in [1.807, 2.05) is 0 Å². The van der Waals surface area contributed by atoms with Crippen molar-refractivity contribution < 1.29 is 9.53 Å². The summed E-state index contributed by atoms with van der Waals surface area (Å²) >= 11 is 0. The van der Waals surface area contributed by atoms with Crippen molar-refractivity contribution in [3.05, 3.63) is 0 Å². The molecule has 1 aliphatic rings. The Balaban J connectivity index is 2.39. The molecule has 0 spiro atoms. The fourth-order valence-corrected chi connectivity index (χ4v) is 1.24. The fourth-order valence-electron chi connectivity index (χ4n) is 1.24. The highest BCUT2D eigenvalue weighted by molar-refractivity contribution is 5.80. The van der Waals surface area contributed by atoms with Crippen LogP contribution >= 0.6 is 0 Å². The van der Waals surface area contributed by atoms with E-state index in [0.717, 1.165) is 19.6 Å². The molecule has 1 fully saturated rings. The monoisotopic (exact) mass is 157 g/mol. The van der Waals surface area contributed by atoms with Gasteiger partial charge < -0.3 is 4.74 Å². The van der Waals surface area contributed by atoms with Crippen LogP contribution in [-0.2, 0) is 9.53 Å². The summed E-state index contributed by atoms with van der Waals surface area (Å²) in [7, 11) is 0. The van der Waals surface area contributed by atoms with Gasteiger partial charge in [0.1, 0.15) is 6.10 Å². The summed E-state index contributed by atoms with van der Waals surface area (Å²) < 4.78 is 5.28. The van der Waals surface area contributed by atoms with Crippen LogP contribution in [0.4, 0.5) is 0 Å². The first-order valence-electron chi connectivity index (χ1n) is 4.08. The predicted octanol–water partition coefficient (Wildman–Crippen LogP) is 0.296. The Morgan fingerprint density at radius 1 is 1.73 bits per heavy atom. The third-order valence-electron chi connectivity index (χ3n) is 2.05. The number of rotatable bonds is 2. The van der Waals surface area contributed by atoms with Crippen LogP contribution in [0.15, 0.2) is 0 Å². The molecule has 0 aliphatic carbocycles. The fraction of sp³-hybridized carbons (Fsp3) is 0.875. The highest BCUT2D eigenvalue weighted by Crippen LogP contribution is 2.04. The van der Waals surface area contributed by atoms with Gasteiger partial charge in [-0.1, -0.05) is 6.92 Å². The maximum absolute atomic E-state index is 10.9. The number of ether oxygens (including phenoxy) is 1. The number of Topliss-reactive ketones (excluding diaryl/α,β-unsaturated/α-hetero) is 1. The molecule has 1 rings (SSSR count). The second-order valence-corrected chi connectivity index (χ2v) is 2.86. The minimum absolute atomic E-state index is 0.142. The van der Waals surface area contributed by atoms with Gasteiger partial charge in [0.25, 0.3) is 0 Å². The van der Waals surface area contributed by atoms with Gasteiger partial charge in [-0.3, -0.25) is 9.69 Å². The smallest absolute Gasteiger partial charge is 0.159 e. The Morgan fingerprint density at radius 2 is 2.45 bits per heavy atom. The van der Waals surface area contributed by atoms with Crippen molar-refractivity contribution in [3.63, 3.8) is 0 Å². The quantitative estimate of drug-likeness (QED) is 0.577. The van der Waals surface area contributed by atoms with Crippen molar-refractivity contribution in [2.24, 2.45) is 0 Å². The van der Waals surface area contributed by atoms with Crippen molar-refractivity contribution in [2.75, 3.05) is 26.2 Å². The molecule has 0 amide bonds. The molecule has 0 radical (unpaired) electrons. The summed E-state index contributed by atoms with van der Waals surface area (Å²) in [5.41, 5.74) is 0. The molecule has 1 aliphatic heterocycles. The zero-order valence-corrected chi connectivity index (χ0v) is 7.17. The van der Waals surface area contributed by atoms with E-state index in [-0.39, 0.29) is 11.9 Å². The van der Waals surface area contributed by atoms with E-state index in [1.54, 1.807) is 6.92 Å². The number of likely N-dealkylation sites (N-methyl/N-ethyl adjacent to an activating group) is 1. The highest BCUT2D eigenvalue weighted by Gasteiger charge is 2.22. The summed E-state index contributed by atoms with van der Waals surface area (Å²) in [5.74, 6) is 0.142. The Hall–Kier alpha value is -0.410. The largest absolute Gasteiger partial charge is 0.368 e. The molecule has 0 bridgehead atoms. The van der Waals surface area contributed by atoms with Crippen molar-refractivity contribution in [1.29, 1.82) is 0 Å². The summed E-state index contributed by atoms with van der Waals surface area (Å²) in [5, 5.41) is 0. The average molecular weight is 157 g/mol. The molecule has 0 N–H and O–H groups in total. The summed E-state index contributed by atoms with van der Waals surface area (Å²) in [6.07, 6.45) is -0.177. The molecule has 64 valence electrons. The first kappa shape index (κ1) is 8.68. The van der Waals surface area contributed by atoms with E-state index in [9.17, 15) is 4.79 Å². The molecular weight excluding hydrogens is 142 g/mol. The standard InChI is InChI=1S/C8H15NO2/c1-3-9-4-5-11-8(6-9)7(2)10/h8H,3-6H2,1-2H3. The molecule has 3 nitrogen and oxygen atoms in total. The van der Waals surface area contributed by atoms with Crippen molar-refractivity contribution >= 4 is 5.78 Å². The van der Waals surface area contributed by atoms with Gasteiger partial charge in [-0.05, 0) is 13.5 Å². The van der Waals surface area contributed by atoms with E-state index >= 15 is 0 Å². The molecule has 0 saturated carbocycles. The zero-order valence-electron chi connectivity index (χ0n) is 7.17. The maximum atomic E-state index is 10.9. The molecule has 1 unspecified atom stereocenters. The zero-order chi connectivity index (χ0) is 8.27. The van der Waals surface area contributed by atoms with Crippen LogP contribution in [0.2, 0.25) is 0 Å². The second kappa shape index (κ2) is 3.83. The molecule has 0 aromatic carbocycles. The van der Waals surface area contributed by atoms with Crippen LogP contribution in [0.5, 0.6) is 0 Å². The van der Waals surface area contributed by atoms with Gasteiger partial charge in [0.05, 0.1) is 6.61 Å².